The van der Waals surface area contributed by atoms with Gasteiger partial charge in [0.1, 0.15) is 37.9 Å². The molecule has 3 fully saturated rings. The van der Waals surface area contributed by atoms with Gasteiger partial charge in [-0.25, -0.2) is 50.5 Å². The second-order valence-corrected chi connectivity index (χ2v) is 39.6. The summed E-state index contributed by atoms with van der Waals surface area (Å²) < 4.78 is 217. The molecule has 4 aliphatic heterocycles. The molecule has 3 aliphatic carbocycles. The van der Waals surface area contributed by atoms with Gasteiger partial charge in [-0.3, -0.25) is 0 Å². The molecule has 4 N–H and O–H groups in total. The van der Waals surface area contributed by atoms with Gasteiger partial charge in [0.05, 0.1) is 96.8 Å². The molecule has 14 rings (SSSR count). The maximum atomic E-state index is 12.4. The van der Waals surface area contributed by atoms with Gasteiger partial charge >= 0.3 is 177 Å². The van der Waals surface area contributed by atoms with Crippen molar-refractivity contribution in [1.82, 2.24) is 0 Å². The molecule has 125 heavy (non-hydrogen) atoms. The van der Waals surface area contributed by atoms with Crippen molar-refractivity contribution in [2.75, 3.05) is 59.0 Å². The first kappa shape index (κ1) is 109. The number of nitrogens with zero attached hydrogens (tertiary/aromatic N) is 4. The van der Waals surface area contributed by atoms with Crippen LogP contribution in [0.2, 0.25) is 0 Å². The summed E-state index contributed by atoms with van der Waals surface area (Å²) in [6, 6.07) is 48.2. The smallest absolute Gasteiger partial charge is 0.748 e. The molecule has 3 saturated carbocycles. The maximum absolute atomic E-state index is 12.4. The van der Waals surface area contributed by atoms with Crippen molar-refractivity contribution in [3.05, 3.63) is 309 Å². The number of fused-ring (bicyclic) bond motifs is 9. The van der Waals surface area contributed by atoms with Crippen LogP contribution in [-0.4, -0.2) is 192 Å². The van der Waals surface area contributed by atoms with Crippen LogP contribution in [0.1, 0.15) is 114 Å². The predicted octanol–water partition coefficient (Wildman–Crippen LogP) is -8.98. The van der Waals surface area contributed by atoms with E-state index in [2.05, 4.69) is 24.3 Å². The van der Waals surface area contributed by atoms with Crippen LogP contribution in [-0.2, 0) is 77.0 Å². The molecule has 38 heteroatoms. The zero-order valence-corrected chi connectivity index (χ0v) is 87.7. The van der Waals surface area contributed by atoms with Crippen LogP contribution in [0.5, 0.6) is 0 Å². The molecule has 0 radical (unpaired) electrons. The molecule has 0 saturated heterocycles. The van der Waals surface area contributed by atoms with E-state index >= 15 is 0 Å². The molecule has 7 aromatic rings. The summed E-state index contributed by atoms with van der Waals surface area (Å²) in [6.45, 7) is 3.19. The van der Waals surface area contributed by atoms with Crippen LogP contribution >= 0.6 is 0 Å². The van der Waals surface area contributed by atoms with Gasteiger partial charge in [-0.15, -0.1) is 0 Å². The molecule has 6 atom stereocenters. The molecular weight excluding hydrogens is 1780 g/mol. The van der Waals surface area contributed by atoms with Gasteiger partial charge in [-0.2, -0.15) is 9.15 Å². The van der Waals surface area contributed by atoms with E-state index in [9.17, 15) is 98.2 Å². The van der Waals surface area contributed by atoms with Crippen molar-refractivity contribution in [3.8, 4) is 0 Å². The Balaban J connectivity index is 0.000000328. The number of hydrogen-bond donors (Lipinski definition) is 4. The molecule has 0 bridgehead atoms. The molecule has 7 aliphatic rings. The zero-order chi connectivity index (χ0) is 85.4. The van der Waals surface area contributed by atoms with Gasteiger partial charge in [-0.05, 0) is 141 Å². The van der Waals surface area contributed by atoms with Crippen molar-refractivity contribution in [2.24, 2.45) is 0 Å². The Labute approximate surface area is 864 Å². The molecule has 0 aromatic heterocycles. The largest absolute Gasteiger partial charge is 1.00 e. The number of anilines is 2. The van der Waals surface area contributed by atoms with E-state index in [-0.39, 0.29) is 214 Å². The fraction of sp³-hybridized carbons (Fsp3) is 0.310. The third kappa shape index (κ3) is 24.8. The van der Waals surface area contributed by atoms with Gasteiger partial charge in [0.2, 0.25) is 17.1 Å². The Morgan fingerprint density at radius 2 is 0.832 bits per heavy atom. The number of β-amino-alcohol motifs (C(OH)–C–C–N with tert-alkyl or cyclic N) is 4. The molecule has 628 valence electrons. The summed E-state index contributed by atoms with van der Waals surface area (Å²) in [5, 5.41) is 43.3. The zero-order valence-electron chi connectivity index (χ0n) is 70.8. The third-order valence-corrected chi connectivity index (χ3v) is 27.8. The Hall–Kier alpha value is -3.30. The Morgan fingerprint density at radius 1 is 0.416 bits per heavy atom. The van der Waals surface area contributed by atoms with Crippen molar-refractivity contribution >= 4 is 94.9 Å². The fourth-order valence-corrected chi connectivity index (χ4v) is 21.9. The van der Waals surface area contributed by atoms with Gasteiger partial charge in [0, 0.05) is 75.7 Å². The SMILES string of the molecule is Cc1ccc2c(c1)C1(c3ccccc3)CC\C(=C/C=C/C=C/C=C3\N(CC(O)CS(=O)(=O)[O-])c4ccc(S(=O)(=O)[O-])cc4C34CCCCC4)C1=[N+]2CC(O)CS(=O)(=O)[O-].Cc1ccc2c(c1)C1CC\C(=C/C=C/C=C/C=C3\N(CC(O)CS(=O)(=O)[O-])c4ccc(S(=O)(=O)[O-])cc4C3(c3ccccc3)c3ccccc3)C1=[N+]2CC(O)CS(=O)(=O)[O-].[Na+].[Na+].[Na+].[Na+].[Na+].[Na+]. The van der Waals surface area contributed by atoms with E-state index in [1.165, 1.54) is 30.3 Å². The fourth-order valence-electron chi connectivity index (χ4n) is 18.6. The average molecular weight is 1870 g/mol. The molecule has 26 nitrogen and oxygen atoms in total. The average Bonchev–Trinajstić information content (AvgIpc) is 1.54. The number of hydrogen-bond acceptors (Lipinski definition) is 24. The first-order valence-corrected chi connectivity index (χ1v) is 47.7. The topological polar surface area (TPSA) is 437 Å². The van der Waals surface area contributed by atoms with Crippen LogP contribution in [0.15, 0.2) is 269 Å². The van der Waals surface area contributed by atoms with Crippen LogP contribution in [0, 0.1) is 13.8 Å². The van der Waals surface area contributed by atoms with Crippen molar-refractivity contribution in [1.29, 1.82) is 0 Å². The molecule has 4 heterocycles. The van der Waals surface area contributed by atoms with Crippen molar-refractivity contribution in [3.63, 3.8) is 0 Å². The van der Waals surface area contributed by atoms with Crippen molar-refractivity contribution in [2.45, 2.75) is 128 Å². The van der Waals surface area contributed by atoms with Gasteiger partial charge in [-0.1, -0.05) is 194 Å². The maximum Gasteiger partial charge on any atom is 1.00 e. The van der Waals surface area contributed by atoms with Gasteiger partial charge < -0.3 is 57.5 Å². The van der Waals surface area contributed by atoms with Crippen molar-refractivity contribution < 1.29 is 285 Å². The Morgan fingerprint density at radius 3 is 1.32 bits per heavy atom. The van der Waals surface area contributed by atoms with Crippen LogP contribution in [0.4, 0.5) is 22.7 Å². The number of aliphatic hydroxyl groups excluding tert-OH is 4. The number of rotatable bonds is 27. The van der Waals surface area contributed by atoms with E-state index in [4.69, 9.17) is 0 Å². The second kappa shape index (κ2) is 44.7. The number of aliphatic hydroxyl groups is 4. The van der Waals surface area contributed by atoms with Crippen LogP contribution < -0.4 is 187 Å². The Kier molecular flexibility index (Phi) is 38.9. The van der Waals surface area contributed by atoms with Gasteiger partial charge in [0.25, 0.3) is 0 Å². The number of aryl methyl sites for hydroxylation is 2. The minimum atomic E-state index is -4.94. The standard InChI is InChI=1S/C44H44N2O11S3.C43H48N2O11S3.6Na/c1-30-18-22-40-38(24-30)37-21-19-31(43(37)46(40)27-35(48)29-59(52,53)54)12-6-2-3-11-17-42-44(32-13-7-4-8-14-32,33-15-9-5-10-16-33)39-25-36(60(55,56)57)20-23-41(39)45(42)26-34(47)28-58(49,50)51;1-30-16-18-39-37(24-30)43(32-13-7-4-8-14-32)23-20-31(41(43)45(39)27-34(47)29-58(51,52)53)12-6-2-3-9-15-40-42(21-10-5-11-22-42)36-25-35(59(54,55)56)17-19-38(36)44(40)26-33(46)28-57(48,49)50;;;;;;/h2-18,20,22-25,34-35,37,47-48H,19,21,26-29H2,1H3,(H2-,49,50,51,52,53,54,55,56,57);2-4,6-9,12-19,24-25,33-34,46-47H,5,10-11,20-23,26-29H2,1H3,(H2-,48,49,50,51,52,53,54,55,56);;;;;;/q;;6*+1/p-4. The second-order valence-electron chi connectivity index (χ2n) is 31.1. The van der Waals surface area contributed by atoms with Crippen LogP contribution in [0.25, 0.3) is 0 Å². The van der Waals surface area contributed by atoms with E-state index in [0.29, 0.717) is 77.1 Å². The normalized spacial score (nSPS) is 20.4. The summed E-state index contributed by atoms with van der Waals surface area (Å²) in [5.74, 6) is -3.89. The van der Waals surface area contributed by atoms with Gasteiger partial charge in [0.15, 0.2) is 18.8 Å². The van der Waals surface area contributed by atoms with E-state index in [1.54, 1.807) is 46.3 Å². The predicted molar refractivity (Wildman–Crippen MR) is 443 cm³/mol. The number of allylic oxidation sites excluding steroid dienone is 16. The summed E-state index contributed by atoms with van der Waals surface area (Å²) >= 11 is 0. The van der Waals surface area contributed by atoms with E-state index < -0.39 is 129 Å². The monoisotopic (exact) mass is 1870 g/mol. The summed E-state index contributed by atoms with van der Waals surface area (Å²) in [5.41, 5.74) is 12.5. The first-order chi connectivity index (χ1) is 56.2. The quantitative estimate of drug-likeness (QED) is 0.0161. The summed E-state index contributed by atoms with van der Waals surface area (Å²) in [6.07, 6.45) is 22.5. The number of benzene rings is 7. The molecule has 0 amide bonds. The summed E-state index contributed by atoms with van der Waals surface area (Å²) in [7, 11) is -28.7. The Bertz CT molecular complexity index is 6170. The summed E-state index contributed by atoms with van der Waals surface area (Å²) in [4.78, 5) is 2.48. The first-order valence-electron chi connectivity index (χ1n) is 38.6. The molecular formula is C87H88N4Na6O22S6+2. The minimum absolute atomic E-state index is 0. The molecule has 1 spiro atoms. The molecule has 6 unspecified atom stereocenters. The van der Waals surface area contributed by atoms with Crippen LogP contribution in [0.3, 0.4) is 0 Å². The van der Waals surface area contributed by atoms with E-state index in [0.717, 1.165) is 93.5 Å². The third-order valence-electron chi connectivity index (χ3n) is 22.9. The molecule has 7 aromatic carbocycles. The van der Waals surface area contributed by atoms with E-state index in [1.807, 2.05) is 163 Å². The minimum Gasteiger partial charge on any atom is -0.748 e.